The predicted molar refractivity (Wildman–Crippen MR) is 92.0 cm³/mol. The zero-order valence-electron chi connectivity index (χ0n) is 15.0. The first kappa shape index (κ1) is 18.2. The molecule has 0 aromatic heterocycles. The molecule has 0 fully saturated rings. The van der Waals surface area contributed by atoms with Gasteiger partial charge in [0.05, 0.1) is 11.6 Å². The van der Waals surface area contributed by atoms with E-state index >= 15 is 0 Å². The third kappa shape index (κ3) is 3.87. The van der Waals surface area contributed by atoms with E-state index in [1.165, 1.54) is 22.3 Å². The first-order chi connectivity index (χ1) is 9.95. The highest BCUT2D eigenvalue weighted by Gasteiger charge is 2.37. The molecule has 0 amide bonds. The van der Waals surface area contributed by atoms with Gasteiger partial charge in [-0.15, -0.1) is 0 Å². The van der Waals surface area contributed by atoms with Crippen molar-refractivity contribution >= 4 is 0 Å². The summed E-state index contributed by atoms with van der Waals surface area (Å²) in [5.74, 6) is 0. The Morgan fingerprint density at radius 3 is 2.05 bits per heavy atom. The quantitative estimate of drug-likeness (QED) is 0.738. The fourth-order valence-electron chi connectivity index (χ4n) is 3.23. The van der Waals surface area contributed by atoms with E-state index in [1.807, 2.05) is 7.11 Å². The van der Waals surface area contributed by atoms with Crippen molar-refractivity contribution in [3.8, 4) is 0 Å². The smallest absolute Gasteiger partial charge is 0.0867 e. The second kappa shape index (κ2) is 7.95. The molecule has 2 heteroatoms. The summed E-state index contributed by atoms with van der Waals surface area (Å²) in [5.41, 5.74) is 5.33. The van der Waals surface area contributed by atoms with Crippen LogP contribution in [-0.4, -0.2) is 19.3 Å². The summed E-state index contributed by atoms with van der Waals surface area (Å²) in [6.07, 6.45) is 3.15. The van der Waals surface area contributed by atoms with Gasteiger partial charge in [0.1, 0.15) is 0 Å². The van der Waals surface area contributed by atoms with Crippen LogP contribution in [0.5, 0.6) is 0 Å². The molecule has 1 aromatic carbocycles. The summed E-state index contributed by atoms with van der Waals surface area (Å²) < 4.78 is 6.01. The lowest BCUT2D eigenvalue weighted by atomic mass is 9.81. The molecule has 120 valence electrons. The summed E-state index contributed by atoms with van der Waals surface area (Å²) in [4.78, 5) is 0. The predicted octanol–water partition coefficient (Wildman–Crippen LogP) is 4.86. The normalized spacial score (nSPS) is 13.5. The van der Waals surface area contributed by atoms with Crippen LogP contribution < -0.4 is 5.32 Å². The molecular weight excluding hydrogens is 258 g/mol. The molecule has 2 nitrogen and oxygen atoms in total. The van der Waals surface area contributed by atoms with Crippen molar-refractivity contribution in [1.29, 1.82) is 0 Å². The third-order valence-corrected chi connectivity index (χ3v) is 4.92. The summed E-state index contributed by atoms with van der Waals surface area (Å²) in [7, 11) is 1.85. The van der Waals surface area contributed by atoms with E-state index in [9.17, 15) is 0 Å². The average molecular weight is 291 g/mol. The average Bonchev–Trinajstić information content (AvgIpc) is 2.48. The maximum atomic E-state index is 6.01. The van der Waals surface area contributed by atoms with Gasteiger partial charge in [0, 0.05) is 7.11 Å². The SMILES string of the molecule is CCCNC(c1cc(C)c(C)cc1C)C(CC)(CC)OC. The van der Waals surface area contributed by atoms with E-state index in [0.717, 1.165) is 25.8 Å². The molecule has 0 saturated heterocycles. The molecule has 0 heterocycles. The molecule has 1 aromatic rings. The van der Waals surface area contributed by atoms with Crippen LogP contribution in [0.25, 0.3) is 0 Å². The molecule has 0 aliphatic carbocycles. The van der Waals surface area contributed by atoms with Crippen molar-refractivity contribution in [2.24, 2.45) is 0 Å². The van der Waals surface area contributed by atoms with Gasteiger partial charge in [0.2, 0.25) is 0 Å². The van der Waals surface area contributed by atoms with Gasteiger partial charge < -0.3 is 10.1 Å². The molecule has 0 saturated carbocycles. The van der Waals surface area contributed by atoms with Crippen molar-refractivity contribution in [2.45, 2.75) is 72.4 Å². The van der Waals surface area contributed by atoms with Crippen molar-refractivity contribution in [3.63, 3.8) is 0 Å². The molecular formula is C19H33NO. The summed E-state index contributed by atoms with van der Waals surface area (Å²) in [6, 6.07) is 4.89. The Morgan fingerprint density at radius 1 is 1.00 bits per heavy atom. The van der Waals surface area contributed by atoms with E-state index in [1.54, 1.807) is 0 Å². The van der Waals surface area contributed by atoms with E-state index in [2.05, 4.69) is 59.0 Å². The van der Waals surface area contributed by atoms with E-state index < -0.39 is 0 Å². The van der Waals surface area contributed by atoms with Crippen molar-refractivity contribution in [1.82, 2.24) is 5.32 Å². The fraction of sp³-hybridized carbons (Fsp3) is 0.684. The number of methoxy groups -OCH3 is 1. The largest absolute Gasteiger partial charge is 0.376 e. The minimum Gasteiger partial charge on any atom is -0.376 e. The molecule has 0 aliphatic heterocycles. The molecule has 0 bridgehead atoms. The van der Waals surface area contributed by atoms with Gasteiger partial charge in [-0.1, -0.05) is 32.9 Å². The van der Waals surface area contributed by atoms with Crippen molar-refractivity contribution < 1.29 is 4.74 Å². The molecule has 0 aliphatic rings. The highest BCUT2D eigenvalue weighted by molar-refractivity contribution is 5.39. The van der Waals surface area contributed by atoms with Gasteiger partial charge in [0.25, 0.3) is 0 Å². The van der Waals surface area contributed by atoms with Crippen LogP contribution in [0, 0.1) is 20.8 Å². The van der Waals surface area contributed by atoms with Gasteiger partial charge >= 0.3 is 0 Å². The number of rotatable bonds is 8. The Labute approximate surface area is 131 Å². The molecule has 1 rings (SSSR count). The lowest BCUT2D eigenvalue weighted by Gasteiger charge is -2.40. The molecule has 0 spiro atoms. The van der Waals surface area contributed by atoms with Crippen molar-refractivity contribution in [2.75, 3.05) is 13.7 Å². The highest BCUT2D eigenvalue weighted by atomic mass is 16.5. The van der Waals surface area contributed by atoms with Crippen LogP contribution in [0.2, 0.25) is 0 Å². The van der Waals surface area contributed by atoms with Gasteiger partial charge in [-0.2, -0.15) is 0 Å². The Morgan fingerprint density at radius 2 is 1.57 bits per heavy atom. The number of benzene rings is 1. The Kier molecular flexibility index (Phi) is 6.89. The number of nitrogens with one attached hydrogen (secondary N) is 1. The van der Waals surface area contributed by atoms with Crippen LogP contribution in [0.3, 0.4) is 0 Å². The lowest BCUT2D eigenvalue weighted by molar-refractivity contribution is -0.0487. The topological polar surface area (TPSA) is 21.3 Å². The maximum absolute atomic E-state index is 6.01. The van der Waals surface area contributed by atoms with Gasteiger partial charge in [-0.25, -0.2) is 0 Å². The molecule has 1 unspecified atom stereocenters. The van der Waals surface area contributed by atoms with E-state index in [0.29, 0.717) is 0 Å². The van der Waals surface area contributed by atoms with E-state index in [-0.39, 0.29) is 11.6 Å². The van der Waals surface area contributed by atoms with Gasteiger partial charge in [-0.3, -0.25) is 0 Å². The number of hydrogen-bond donors (Lipinski definition) is 1. The summed E-state index contributed by atoms with van der Waals surface area (Å²) >= 11 is 0. The van der Waals surface area contributed by atoms with Crippen LogP contribution in [0.4, 0.5) is 0 Å². The first-order valence-electron chi connectivity index (χ1n) is 8.32. The van der Waals surface area contributed by atoms with Crippen LogP contribution in [0.15, 0.2) is 12.1 Å². The molecule has 1 N–H and O–H groups in total. The lowest BCUT2D eigenvalue weighted by Crippen LogP contribution is -2.45. The zero-order chi connectivity index (χ0) is 16.0. The third-order valence-electron chi connectivity index (χ3n) is 4.92. The number of aryl methyl sites for hydroxylation is 3. The standard InChI is InChI=1S/C19H33NO/c1-8-11-20-18(19(9-2,10-3)21-7)17-13-15(5)14(4)12-16(17)6/h12-13,18,20H,8-11H2,1-7H3. The minimum absolute atomic E-state index is 0.137. The monoisotopic (exact) mass is 291 g/mol. The zero-order valence-corrected chi connectivity index (χ0v) is 15.0. The first-order valence-corrected chi connectivity index (χ1v) is 8.32. The fourth-order valence-corrected chi connectivity index (χ4v) is 3.23. The highest BCUT2D eigenvalue weighted by Crippen LogP contribution is 2.37. The molecule has 1 atom stereocenters. The molecule has 0 radical (unpaired) electrons. The second-order valence-corrected chi connectivity index (χ2v) is 6.16. The van der Waals surface area contributed by atoms with Gasteiger partial charge in [-0.05, 0) is 68.8 Å². The van der Waals surface area contributed by atoms with Crippen LogP contribution in [-0.2, 0) is 4.74 Å². The minimum atomic E-state index is -0.137. The van der Waals surface area contributed by atoms with E-state index in [4.69, 9.17) is 4.74 Å². The number of hydrogen-bond acceptors (Lipinski definition) is 2. The summed E-state index contributed by atoms with van der Waals surface area (Å²) in [6.45, 7) is 14.3. The Bertz CT molecular complexity index is 441. The second-order valence-electron chi connectivity index (χ2n) is 6.16. The van der Waals surface area contributed by atoms with Gasteiger partial charge in [0.15, 0.2) is 0 Å². The molecule has 21 heavy (non-hydrogen) atoms. The Balaban J connectivity index is 3.34. The number of ether oxygens (including phenoxy) is 1. The van der Waals surface area contributed by atoms with Crippen LogP contribution in [0.1, 0.15) is 68.3 Å². The maximum Gasteiger partial charge on any atom is 0.0867 e. The summed E-state index contributed by atoms with van der Waals surface area (Å²) in [5, 5.41) is 3.74. The Hall–Kier alpha value is -0.860. The van der Waals surface area contributed by atoms with Crippen molar-refractivity contribution in [3.05, 3.63) is 34.4 Å². The van der Waals surface area contributed by atoms with Crippen LogP contribution >= 0.6 is 0 Å².